The molecule has 0 saturated heterocycles. The summed E-state index contributed by atoms with van der Waals surface area (Å²) in [5.74, 6) is 0.713. The van der Waals surface area contributed by atoms with Gasteiger partial charge in [-0.25, -0.2) is 0 Å². The van der Waals surface area contributed by atoms with Crippen molar-refractivity contribution in [2.45, 2.75) is 37.6 Å². The maximum absolute atomic E-state index is 5.90. The van der Waals surface area contributed by atoms with Gasteiger partial charge < -0.3 is 5.73 Å². The van der Waals surface area contributed by atoms with Gasteiger partial charge in [-0.15, -0.1) is 12.4 Å². The predicted octanol–water partition coefficient (Wildman–Crippen LogP) is 3.86. The van der Waals surface area contributed by atoms with E-state index in [1.165, 1.54) is 35.7 Å². The molecule has 3 heteroatoms. The third kappa shape index (κ3) is 3.20. The van der Waals surface area contributed by atoms with Gasteiger partial charge in [0.25, 0.3) is 0 Å². The van der Waals surface area contributed by atoms with E-state index >= 15 is 0 Å². The summed E-state index contributed by atoms with van der Waals surface area (Å²) >= 11 is 3.62. The Morgan fingerprint density at radius 2 is 1.67 bits per heavy atom. The Hall–Kier alpha value is -0.0500. The molecule has 0 aliphatic heterocycles. The van der Waals surface area contributed by atoms with Gasteiger partial charge in [0.2, 0.25) is 0 Å². The molecule has 1 saturated carbocycles. The van der Waals surface area contributed by atoms with Crippen LogP contribution in [0.25, 0.3) is 0 Å². The molecule has 0 aromatic heterocycles. The minimum Gasteiger partial charge on any atom is -0.328 e. The summed E-state index contributed by atoms with van der Waals surface area (Å²) in [6.45, 7) is 0. The quantitative estimate of drug-likeness (QED) is 0.835. The van der Waals surface area contributed by atoms with Crippen molar-refractivity contribution in [3.63, 3.8) is 0 Å². The lowest BCUT2D eigenvalue weighted by atomic mass is 9.82. The normalized spacial score (nSPS) is 25.7. The zero-order valence-corrected chi connectivity index (χ0v) is 11.1. The van der Waals surface area contributed by atoms with E-state index in [4.69, 9.17) is 5.73 Å². The highest BCUT2D eigenvalue weighted by Gasteiger charge is 2.20. The van der Waals surface area contributed by atoms with Crippen LogP contribution < -0.4 is 5.73 Å². The second kappa shape index (κ2) is 5.88. The van der Waals surface area contributed by atoms with E-state index in [1.807, 2.05) is 0 Å². The highest BCUT2D eigenvalue weighted by atomic mass is 79.9. The SMILES string of the molecule is Cl.NC1CCC(c2ccccc2Br)CC1. The maximum atomic E-state index is 5.90. The van der Waals surface area contributed by atoms with E-state index in [9.17, 15) is 0 Å². The molecule has 0 amide bonds. The van der Waals surface area contributed by atoms with E-state index < -0.39 is 0 Å². The van der Waals surface area contributed by atoms with Crippen LogP contribution >= 0.6 is 28.3 Å². The molecule has 84 valence electrons. The number of nitrogens with two attached hydrogens (primary N) is 1. The van der Waals surface area contributed by atoms with Gasteiger partial charge in [-0.1, -0.05) is 34.1 Å². The predicted molar refractivity (Wildman–Crippen MR) is 70.6 cm³/mol. The Balaban J connectivity index is 0.00000112. The molecule has 0 bridgehead atoms. The molecule has 0 radical (unpaired) electrons. The molecule has 2 N–H and O–H groups in total. The van der Waals surface area contributed by atoms with Crippen molar-refractivity contribution in [1.82, 2.24) is 0 Å². The standard InChI is InChI=1S/C12H16BrN.ClH/c13-12-4-2-1-3-11(12)9-5-7-10(14)8-6-9;/h1-4,9-10H,5-8,14H2;1H. The van der Waals surface area contributed by atoms with Gasteiger partial charge >= 0.3 is 0 Å². The molecule has 1 aromatic rings. The first-order valence-electron chi connectivity index (χ1n) is 5.27. The highest BCUT2D eigenvalue weighted by Crippen LogP contribution is 2.35. The fraction of sp³-hybridized carbons (Fsp3) is 0.500. The summed E-state index contributed by atoms with van der Waals surface area (Å²) in [5.41, 5.74) is 7.36. The minimum absolute atomic E-state index is 0. The minimum atomic E-state index is 0. The van der Waals surface area contributed by atoms with E-state index in [0.717, 1.165) is 0 Å². The van der Waals surface area contributed by atoms with Crippen molar-refractivity contribution in [2.75, 3.05) is 0 Å². The molecular weight excluding hydrogens is 273 g/mol. The molecule has 0 spiro atoms. The van der Waals surface area contributed by atoms with Crippen LogP contribution in [0.5, 0.6) is 0 Å². The van der Waals surface area contributed by atoms with Crippen LogP contribution in [0.3, 0.4) is 0 Å². The lowest BCUT2D eigenvalue weighted by molar-refractivity contribution is 0.395. The fourth-order valence-corrected chi connectivity index (χ4v) is 2.84. The molecule has 1 aliphatic carbocycles. The summed E-state index contributed by atoms with van der Waals surface area (Å²) in [5, 5.41) is 0. The van der Waals surface area contributed by atoms with Gasteiger partial charge in [0.1, 0.15) is 0 Å². The molecule has 1 aromatic carbocycles. The Bertz CT molecular complexity index is 308. The second-order valence-corrected chi connectivity index (χ2v) is 4.99. The first kappa shape index (κ1) is 13.0. The van der Waals surface area contributed by atoms with Crippen molar-refractivity contribution in [3.8, 4) is 0 Å². The van der Waals surface area contributed by atoms with Gasteiger partial charge in [0.05, 0.1) is 0 Å². The van der Waals surface area contributed by atoms with Crippen molar-refractivity contribution in [2.24, 2.45) is 5.73 Å². The van der Waals surface area contributed by atoms with Crippen molar-refractivity contribution in [1.29, 1.82) is 0 Å². The monoisotopic (exact) mass is 289 g/mol. The molecule has 15 heavy (non-hydrogen) atoms. The molecule has 0 heterocycles. The third-order valence-electron chi connectivity index (χ3n) is 3.12. The smallest absolute Gasteiger partial charge is 0.0210 e. The van der Waals surface area contributed by atoms with E-state index in [0.29, 0.717) is 12.0 Å². The molecule has 1 aliphatic rings. The first-order valence-corrected chi connectivity index (χ1v) is 6.06. The zero-order chi connectivity index (χ0) is 9.97. The molecule has 1 fully saturated rings. The zero-order valence-electron chi connectivity index (χ0n) is 8.66. The largest absolute Gasteiger partial charge is 0.328 e. The van der Waals surface area contributed by atoms with Gasteiger partial charge in [0.15, 0.2) is 0 Å². The maximum Gasteiger partial charge on any atom is 0.0210 e. The lowest BCUT2D eigenvalue weighted by Crippen LogP contribution is -2.25. The number of hydrogen-bond donors (Lipinski definition) is 1. The Kier molecular flexibility index (Phi) is 5.10. The Labute approximate surface area is 106 Å². The summed E-state index contributed by atoms with van der Waals surface area (Å²) in [7, 11) is 0. The molecular formula is C12H17BrClN. The lowest BCUT2D eigenvalue weighted by Gasteiger charge is -2.27. The van der Waals surface area contributed by atoms with Gasteiger partial charge in [-0.3, -0.25) is 0 Å². The van der Waals surface area contributed by atoms with Crippen LogP contribution in [0.15, 0.2) is 28.7 Å². The number of halogens is 2. The van der Waals surface area contributed by atoms with E-state index in [1.54, 1.807) is 0 Å². The third-order valence-corrected chi connectivity index (χ3v) is 3.84. The summed E-state index contributed by atoms with van der Waals surface area (Å²) < 4.78 is 1.25. The molecule has 1 nitrogen and oxygen atoms in total. The van der Waals surface area contributed by atoms with Crippen molar-refractivity contribution in [3.05, 3.63) is 34.3 Å². The average molecular weight is 291 g/mol. The van der Waals surface area contributed by atoms with E-state index in [-0.39, 0.29) is 12.4 Å². The molecule has 0 atom stereocenters. The summed E-state index contributed by atoms with van der Waals surface area (Å²) in [6, 6.07) is 8.99. The fourth-order valence-electron chi connectivity index (χ4n) is 2.24. The number of rotatable bonds is 1. The van der Waals surface area contributed by atoms with Gasteiger partial charge in [-0.05, 0) is 43.2 Å². The second-order valence-electron chi connectivity index (χ2n) is 4.13. The topological polar surface area (TPSA) is 26.0 Å². The molecule has 0 unspecified atom stereocenters. The van der Waals surface area contributed by atoms with Crippen LogP contribution in [0.2, 0.25) is 0 Å². The van der Waals surface area contributed by atoms with Crippen LogP contribution in [0.1, 0.15) is 37.2 Å². The number of benzene rings is 1. The summed E-state index contributed by atoms with van der Waals surface area (Å²) in [6.07, 6.45) is 4.82. The number of hydrogen-bond acceptors (Lipinski definition) is 1. The van der Waals surface area contributed by atoms with Crippen LogP contribution in [-0.2, 0) is 0 Å². The van der Waals surface area contributed by atoms with Crippen molar-refractivity contribution >= 4 is 28.3 Å². The first-order chi connectivity index (χ1) is 6.77. The van der Waals surface area contributed by atoms with Crippen LogP contribution in [0.4, 0.5) is 0 Å². The van der Waals surface area contributed by atoms with Gasteiger partial charge in [-0.2, -0.15) is 0 Å². The van der Waals surface area contributed by atoms with Crippen LogP contribution in [-0.4, -0.2) is 6.04 Å². The highest BCUT2D eigenvalue weighted by molar-refractivity contribution is 9.10. The van der Waals surface area contributed by atoms with Crippen molar-refractivity contribution < 1.29 is 0 Å². The summed E-state index contributed by atoms with van der Waals surface area (Å²) in [4.78, 5) is 0. The van der Waals surface area contributed by atoms with Gasteiger partial charge in [0, 0.05) is 10.5 Å². The Morgan fingerprint density at radius 3 is 2.27 bits per heavy atom. The van der Waals surface area contributed by atoms with Crippen LogP contribution in [0, 0.1) is 0 Å². The average Bonchev–Trinajstić information content (AvgIpc) is 2.20. The Morgan fingerprint density at radius 1 is 1.07 bits per heavy atom. The molecule has 2 rings (SSSR count). The van der Waals surface area contributed by atoms with E-state index in [2.05, 4.69) is 40.2 Å².